The van der Waals surface area contributed by atoms with Gasteiger partial charge in [0.2, 0.25) is 0 Å². The number of allylic oxidation sites excluding steroid dienone is 2. The van der Waals surface area contributed by atoms with Crippen LogP contribution < -0.4 is 4.90 Å². The van der Waals surface area contributed by atoms with Crippen LogP contribution in [0.2, 0.25) is 0 Å². The molecule has 0 aromatic heterocycles. The number of nitrogens with zero attached hydrogens (tertiary/aromatic N) is 2. The van der Waals surface area contributed by atoms with Gasteiger partial charge in [0, 0.05) is 35.5 Å². The molecule has 4 nitrogen and oxygen atoms in total. The largest absolute Gasteiger partial charge is 0.341 e. The first-order valence-corrected chi connectivity index (χ1v) is 7.68. The molecule has 0 bridgehead atoms. The Kier molecular flexibility index (Phi) is 3.68. The van der Waals surface area contributed by atoms with Gasteiger partial charge in [-0.15, -0.1) is 0 Å². The van der Waals surface area contributed by atoms with Crippen molar-refractivity contribution in [2.45, 2.75) is 32.7 Å². The van der Waals surface area contributed by atoms with E-state index in [1.54, 1.807) is 12.1 Å². The molecule has 1 aliphatic heterocycles. The van der Waals surface area contributed by atoms with Crippen LogP contribution in [0.15, 0.2) is 60.3 Å². The number of hydrogen-bond acceptors (Lipinski definition) is 3. The number of nitro benzene ring substituents is 1. The lowest BCUT2D eigenvalue weighted by Crippen LogP contribution is -2.31. The molecule has 0 atom stereocenters. The molecule has 4 heteroatoms. The minimum atomic E-state index is -0.367. The molecule has 0 saturated heterocycles. The average molecular weight is 308 g/mol. The summed E-state index contributed by atoms with van der Waals surface area (Å²) in [6, 6.07) is 15.2. The van der Waals surface area contributed by atoms with E-state index in [-0.39, 0.29) is 16.0 Å². The highest BCUT2D eigenvalue weighted by Crippen LogP contribution is 2.40. The maximum absolute atomic E-state index is 10.8. The highest BCUT2D eigenvalue weighted by Gasteiger charge is 2.29. The predicted octanol–water partition coefficient (Wildman–Crippen LogP) is 4.80. The molecule has 0 aliphatic carbocycles. The molecule has 0 unspecified atom stereocenters. The second kappa shape index (κ2) is 5.54. The lowest BCUT2D eigenvalue weighted by Gasteiger charge is -2.38. The first kappa shape index (κ1) is 15.3. The summed E-state index contributed by atoms with van der Waals surface area (Å²) in [6.07, 6.45) is 2.28. The van der Waals surface area contributed by atoms with Crippen molar-refractivity contribution in [1.82, 2.24) is 0 Å². The molecule has 2 aromatic rings. The molecular formula is C19H20N2O2. The SMILES string of the molecule is CC1=CC(C)(C)c2ccccc2N1Cc1ccc([N+](=O)[O-])cc1. The smallest absolute Gasteiger partial charge is 0.269 e. The summed E-state index contributed by atoms with van der Waals surface area (Å²) in [4.78, 5) is 12.7. The van der Waals surface area contributed by atoms with Gasteiger partial charge in [-0.05, 0) is 24.1 Å². The molecule has 0 spiro atoms. The number of fused-ring (bicyclic) bond motifs is 1. The Morgan fingerprint density at radius 1 is 1.09 bits per heavy atom. The van der Waals surface area contributed by atoms with Crippen molar-refractivity contribution in [3.63, 3.8) is 0 Å². The first-order chi connectivity index (χ1) is 10.9. The Balaban J connectivity index is 1.95. The van der Waals surface area contributed by atoms with Crippen LogP contribution in [0.5, 0.6) is 0 Å². The van der Waals surface area contributed by atoms with Crippen molar-refractivity contribution in [2.75, 3.05) is 4.90 Å². The van der Waals surface area contributed by atoms with Crippen molar-refractivity contribution in [2.24, 2.45) is 0 Å². The maximum Gasteiger partial charge on any atom is 0.269 e. The van der Waals surface area contributed by atoms with Crippen LogP contribution in [-0.4, -0.2) is 4.92 Å². The average Bonchev–Trinajstić information content (AvgIpc) is 2.51. The fourth-order valence-corrected chi connectivity index (χ4v) is 3.24. The van der Waals surface area contributed by atoms with E-state index in [0.717, 1.165) is 5.56 Å². The monoisotopic (exact) mass is 308 g/mol. The Labute approximate surface area is 136 Å². The van der Waals surface area contributed by atoms with Crippen LogP contribution in [0.25, 0.3) is 0 Å². The molecular weight excluding hydrogens is 288 g/mol. The van der Waals surface area contributed by atoms with Gasteiger partial charge in [0.1, 0.15) is 0 Å². The van der Waals surface area contributed by atoms with Gasteiger partial charge in [0.15, 0.2) is 0 Å². The van der Waals surface area contributed by atoms with E-state index in [2.05, 4.69) is 56.0 Å². The van der Waals surface area contributed by atoms with E-state index >= 15 is 0 Å². The molecule has 23 heavy (non-hydrogen) atoms. The zero-order valence-corrected chi connectivity index (χ0v) is 13.6. The predicted molar refractivity (Wildman–Crippen MR) is 92.5 cm³/mol. The number of nitro groups is 1. The summed E-state index contributed by atoms with van der Waals surface area (Å²) in [5.74, 6) is 0. The standard InChI is InChI=1S/C19H20N2O2/c1-14-12-19(2,3)17-6-4-5-7-18(17)20(14)13-15-8-10-16(11-9-15)21(22)23/h4-12H,13H2,1-3H3. The molecule has 0 amide bonds. The summed E-state index contributed by atoms with van der Waals surface area (Å²) in [6.45, 7) is 7.26. The molecule has 2 aromatic carbocycles. The van der Waals surface area contributed by atoms with Crippen molar-refractivity contribution < 1.29 is 4.92 Å². The Bertz CT molecular complexity index is 776. The van der Waals surface area contributed by atoms with E-state index in [9.17, 15) is 10.1 Å². The molecule has 118 valence electrons. The molecule has 0 radical (unpaired) electrons. The van der Waals surface area contributed by atoms with Crippen LogP contribution >= 0.6 is 0 Å². The van der Waals surface area contributed by atoms with Gasteiger partial charge < -0.3 is 4.90 Å². The summed E-state index contributed by atoms with van der Waals surface area (Å²) in [5, 5.41) is 10.8. The number of rotatable bonds is 3. The molecule has 3 rings (SSSR count). The summed E-state index contributed by atoms with van der Waals surface area (Å²) < 4.78 is 0. The molecule has 0 fully saturated rings. The minimum Gasteiger partial charge on any atom is -0.341 e. The van der Waals surface area contributed by atoms with Crippen molar-refractivity contribution in [3.05, 3.63) is 81.5 Å². The first-order valence-electron chi connectivity index (χ1n) is 7.68. The topological polar surface area (TPSA) is 46.4 Å². The third-order valence-electron chi connectivity index (χ3n) is 4.37. The minimum absolute atomic E-state index is 0.00660. The van der Waals surface area contributed by atoms with Gasteiger partial charge in [0.25, 0.3) is 5.69 Å². The number of para-hydroxylation sites is 1. The second-order valence-electron chi connectivity index (χ2n) is 6.53. The number of non-ortho nitro benzene ring substituents is 1. The molecule has 1 heterocycles. The van der Waals surface area contributed by atoms with E-state index in [4.69, 9.17) is 0 Å². The van der Waals surface area contributed by atoms with Crippen LogP contribution in [0.3, 0.4) is 0 Å². The van der Waals surface area contributed by atoms with E-state index in [0.29, 0.717) is 6.54 Å². The summed E-state index contributed by atoms with van der Waals surface area (Å²) in [7, 11) is 0. The normalized spacial score (nSPS) is 15.8. The van der Waals surface area contributed by atoms with Gasteiger partial charge >= 0.3 is 0 Å². The van der Waals surface area contributed by atoms with Crippen LogP contribution in [0.1, 0.15) is 31.9 Å². The molecule has 0 saturated carbocycles. The quantitative estimate of drug-likeness (QED) is 0.604. The van der Waals surface area contributed by atoms with Crippen molar-refractivity contribution in [1.29, 1.82) is 0 Å². The van der Waals surface area contributed by atoms with Crippen LogP contribution in [-0.2, 0) is 12.0 Å². The van der Waals surface area contributed by atoms with Gasteiger partial charge in [-0.3, -0.25) is 10.1 Å². The second-order valence-corrected chi connectivity index (χ2v) is 6.53. The highest BCUT2D eigenvalue weighted by molar-refractivity contribution is 5.65. The number of hydrogen-bond donors (Lipinski definition) is 0. The highest BCUT2D eigenvalue weighted by atomic mass is 16.6. The van der Waals surface area contributed by atoms with Gasteiger partial charge in [-0.1, -0.05) is 50.3 Å². The van der Waals surface area contributed by atoms with Gasteiger partial charge in [-0.25, -0.2) is 0 Å². The van der Waals surface area contributed by atoms with E-state index in [1.165, 1.54) is 16.9 Å². The number of anilines is 1. The zero-order valence-electron chi connectivity index (χ0n) is 13.6. The Morgan fingerprint density at radius 2 is 1.74 bits per heavy atom. The lowest BCUT2D eigenvalue weighted by molar-refractivity contribution is -0.384. The Morgan fingerprint density at radius 3 is 2.39 bits per heavy atom. The molecule has 0 N–H and O–H groups in total. The lowest BCUT2D eigenvalue weighted by atomic mass is 9.80. The summed E-state index contributed by atoms with van der Waals surface area (Å²) in [5.41, 5.74) is 4.89. The van der Waals surface area contributed by atoms with Crippen molar-refractivity contribution in [3.8, 4) is 0 Å². The maximum atomic E-state index is 10.8. The fourth-order valence-electron chi connectivity index (χ4n) is 3.24. The van der Waals surface area contributed by atoms with Crippen LogP contribution in [0.4, 0.5) is 11.4 Å². The van der Waals surface area contributed by atoms with Gasteiger partial charge in [-0.2, -0.15) is 0 Å². The van der Waals surface area contributed by atoms with Gasteiger partial charge in [0.05, 0.1) is 4.92 Å². The third-order valence-corrected chi connectivity index (χ3v) is 4.37. The third kappa shape index (κ3) is 2.84. The van der Waals surface area contributed by atoms with Crippen molar-refractivity contribution >= 4 is 11.4 Å². The summed E-state index contributed by atoms with van der Waals surface area (Å²) >= 11 is 0. The van der Waals surface area contributed by atoms with Crippen LogP contribution in [0, 0.1) is 10.1 Å². The zero-order chi connectivity index (χ0) is 16.6. The van der Waals surface area contributed by atoms with E-state index < -0.39 is 0 Å². The Hall–Kier alpha value is -2.62. The fraction of sp³-hybridized carbons (Fsp3) is 0.263. The molecule has 1 aliphatic rings. The van der Waals surface area contributed by atoms with E-state index in [1.807, 2.05) is 12.1 Å². The number of benzene rings is 2.